The molecule has 2 heterocycles. The number of aromatic nitrogens is 1. The van der Waals surface area contributed by atoms with Gasteiger partial charge in [0, 0.05) is 25.1 Å². The Morgan fingerprint density at radius 3 is 2.93 bits per heavy atom. The molecule has 1 aliphatic heterocycles. The lowest BCUT2D eigenvalue weighted by Gasteiger charge is -2.21. The molecule has 5 heteroatoms. The summed E-state index contributed by atoms with van der Waals surface area (Å²) in [4.78, 5) is 15.5. The fourth-order valence-corrected chi connectivity index (χ4v) is 2.43. The number of nitrogens with one attached hydrogen (secondary N) is 1. The van der Waals surface area contributed by atoms with Crippen LogP contribution in [0.5, 0.6) is 0 Å². The highest BCUT2D eigenvalue weighted by molar-refractivity contribution is 8.04. The number of primary amides is 1. The number of carbonyl (C=O) groups excluding carboxylic acids is 1. The number of amides is 1. The van der Waals surface area contributed by atoms with Crippen molar-refractivity contribution in [3.8, 4) is 0 Å². The van der Waals surface area contributed by atoms with E-state index >= 15 is 0 Å². The summed E-state index contributed by atoms with van der Waals surface area (Å²) in [5.41, 5.74) is 6.37. The van der Waals surface area contributed by atoms with E-state index < -0.39 is 0 Å². The van der Waals surface area contributed by atoms with Crippen LogP contribution in [0.1, 0.15) is 10.8 Å². The summed E-state index contributed by atoms with van der Waals surface area (Å²) in [5.74, 6) is -0.383. The van der Waals surface area contributed by atoms with Crippen molar-refractivity contribution in [2.45, 2.75) is 5.25 Å². The van der Waals surface area contributed by atoms with E-state index in [1.807, 2.05) is 12.1 Å². The molecule has 0 bridgehead atoms. The highest BCUT2D eigenvalue weighted by Crippen LogP contribution is 2.35. The van der Waals surface area contributed by atoms with E-state index in [4.69, 9.17) is 5.73 Å². The van der Waals surface area contributed by atoms with Crippen LogP contribution in [0.15, 0.2) is 35.6 Å². The molecule has 78 valence electrons. The first-order valence-electron chi connectivity index (χ1n) is 4.57. The molecule has 15 heavy (non-hydrogen) atoms. The summed E-state index contributed by atoms with van der Waals surface area (Å²) < 4.78 is 0. The van der Waals surface area contributed by atoms with E-state index in [2.05, 4.69) is 10.3 Å². The van der Waals surface area contributed by atoms with Gasteiger partial charge in [-0.3, -0.25) is 9.78 Å². The summed E-state index contributed by atoms with van der Waals surface area (Å²) in [5, 5.41) is 3.28. The molecule has 0 fully saturated rings. The Labute approximate surface area is 92.0 Å². The van der Waals surface area contributed by atoms with Crippen LogP contribution >= 0.6 is 11.8 Å². The summed E-state index contributed by atoms with van der Waals surface area (Å²) in [6, 6.07) is 3.90. The SMILES string of the molecule is NC(=O)C1=CNCC(c2ccncc2)S1. The average molecular weight is 221 g/mol. The summed E-state index contributed by atoms with van der Waals surface area (Å²) in [6.07, 6.45) is 5.17. The minimum Gasteiger partial charge on any atom is -0.388 e. The van der Waals surface area contributed by atoms with Gasteiger partial charge in [0.15, 0.2) is 0 Å². The Bertz CT molecular complexity index is 391. The maximum absolute atomic E-state index is 11.0. The fraction of sp³-hybridized carbons (Fsp3) is 0.200. The first-order chi connectivity index (χ1) is 7.27. The quantitative estimate of drug-likeness (QED) is 0.774. The number of nitrogens with two attached hydrogens (primary N) is 1. The van der Waals surface area contributed by atoms with Gasteiger partial charge in [-0.25, -0.2) is 0 Å². The molecule has 4 nitrogen and oxygen atoms in total. The molecule has 1 aromatic rings. The molecule has 1 aromatic heterocycles. The third-order valence-electron chi connectivity index (χ3n) is 2.13. The van der Waals surface area contributed by atoms with Crippen molar-refractivity contribution in [2.75, 3.05) is 6.54 Å². The van der Waals surface area contributed by atoms with Crippen molar-refractivity contribution in [1.82, 2.24) is 10.3 Å². The third kappa shape index (κ3) is 2.30. The van der Waals surface area contributed by atoms with Crippen molar-refractivity contribution in [3.63, 3.8) is 0 Å². The molecule has 0 aliphatic carbocycles. The molecule has 1 atom stereocenters. The van der Waals surface area contributed by atoms with Gasteiger partial charge in [-0.15, -0.1) is 11.8 Å². The van der Waals surface area contributed by atoms with Gasteiger partial charge < -0.3 is 11.1 Å². The standard InChI is InChI=1S/C10H11N3OS/c11-10(14)9-6-13-5-8(15-9)7-1-3-12-4-2-7/h1-4,6,8,13H,5H2,(H2,11,14). The molecule has 1 aliphatic rings. The zero-order chi connectivity index (χ0) is 10.7. The number of hydrogen-bond donors (Lipinski definition) is 2. The largest absolute Gasteiger partial charge is 0.388 e. The highest BCUT2D eigenvalue weighted by Gasteiger charge is 2.20. The fourth-order valence-electron chi connectivity index (χ4n) is 1.38. The monoisotopic (exact) mass is 221 g/mol. The Balaban J connectivity index is 2.15. The Kier molecular flexibility index (Phi) is 2.91. The van der Waals surface area contributed by atoms with Crippen molar-refractivity contribution in [3.05, 3.63) is 41.2 Å². The molecular weight excluding hydrogens is 210 g/mol. The van der Waals surface area contributed by atoms with Crippen molar-refractivity contribution >= 4 is 17.7 Å². The summed E-state index contributed by atoms with van der Waals surface area (Å²) in [6.45, 7) is 0.797. The average Bonchev–Trinajstić information content (AvgIpc) is 2.30. The number of carbonyl (C=O) groups is 1. The Hall–Kier alpha value is -1.49. The zero-order valence-corrected chi connectivity index (χ0v) is 8.83. The van der Waals surface area contributed by atoms with Crippen LogP contribution in [0.25, 0.3) is 0 Å². The smallest absolute Gasteiger partial charge is 0.256 e. The van der Waals surface area contributed by atoms with E-state index in [9.17, 15) is 4.79 Å². The maximum atomic E-state index is 11.0. The highest BCUT2D eigenvalue weighted by atomic mass is 32.2. The van der Waals surface area contributed by atoms with Gasteiger partial charge >= 0.3 is 0 Å². The second kappa shape index (κ2) is 4.35. The van der Waals surface area contributed by atoms with Gasteiger partial charge in [0.05, 0.1) is 10.2 Å². The molecule has 0 aromatic carbocycles. The normalized spacial score (nSPS) is 20.3. The maximum Gasteiger partial charge on any atom is 0.256 e. The number of pyridine rings is 1. The van der Waals surface area contributed by atoms with Crippen molar-refractivity contribution in [2.24, 2.45) is 5.73 Å². The lowest BCUT2D eigenvalue weighted by Crippen LogP contribution is -2.24. The van der Waals surface area contributed by atoms with Crippen molar-refractivity contribution in [1.29, 1.82) is 0 Å². The molecule has 3 N–H and O–H groups in total. The van der Waals surface area contributed by atoms with Gasteiger partial charge in [-0.1, -0.05) is 0 Å². The number of hydrogen-bond acceptors (Lipinski definition) is 4. The van der Waals surface area contributed by atoms with E-state index in [1.54, 1.807) is 18.6 Å². The lowest BCUT2D eigenvalue weighted by molar-refractivity contribution is -0.113. The second-order valence-corrected chi connectivity index (χ2v) is 4.41. The third-order valence-corrected chi connectivity index (χ3v) is 3.42. The topological polar surface area (TPSA) is 68.0 Å². The molecule has 0 saturated heterocycles. The van der Waals surface area contributed by atoms with Crippen LogP contribution in [0, 0.1) is 0 Å². The Morgan fingerprint density at radius 1 is 1.53 bits per heavy atom. The molecular formula is C10H11N3OS. The van der Waals surface area contributed by atoms with E-state index in [1.165, 1.54) is 11.8 Å². The zero-order valence-electron chi connectivity index (χ0n) is 8.01. The van der Waals surface area contributed by atoms with Crippen LogP contribution < -0.4 is 11.1 Å². The number of thioether (sulfide) groups is 1. The summed E-state index contributed by atoms with van der Waals surface area (Å²) >= 11 is 1.49. The van der Waals surface area contributed by atoms with E-state index in [0.29, 0.717) is 4.91 Å². The van der Waals surface area contributed by atoms with Crippen LogP contribution in [0.2, 0.25) is 0 Å². The lowest BCUT2D eigenvalue weighted by atomic mass is 10.2. The predicted octanol–water partition coefficient (Wildman–Crippen LogP) is 0.786. The molecule has 1 unspecified atom stereocenters. The minimum absolute atomic E-state index is 0.223. The number of rotatable bonds is 2. The molecule has 0 saturated carbocycles. The first-order valence-corrected chi connectivity index (χ1v) is 5.45. The number of nitrogens with zero attached hydrogens (tertiary/aromatic N) is 1. The second-order valence-electron chi connectivity index (χ2n) is 3.17. The van der Waals surface area contributed by atoms with Crippen LogP contribution in [0.4, 0.5) is 0 Å². The van der Waals surface area contributed by atoms with Crippen molar-refractivity contribution < 1.29 is 4.79 Å². The summed E-state index contributed by atoms with van der Waals surface area (Å²) in [7, 11) is 0. The van der Waals surface area contributed by atoms with Gasteiger partial charge in [0.2, 0.25) is 0 Å². The van der Waals surface area contributed by atoms with Crippen LogP contribution in [-0.4, -0.2) is 17.4 Å². The molecule has 0 spiro atoms. The molecule has 2 rings (SSSR count). The Morgan fingerprint density at radius 2 is 2.27 bits per heavy atom. The van der Waals surface area contributed by atoms with Crippen LogP contribution in [0.3, 0.4) is 0 Å². The van der Waals surface area contributed by atoms with Gasteiger partial charge in [-0.2, -0.15) is 0 Å². The van der Waals surface area contributed by atoms with E-state index in [-0.39, 0.29) is 11.2 Å². The first kappa shape index (κ1) is 10.0. The van der Waals surface area contributed by atoms with E-state index in [0.717, 1.165) is 12.1 Å². The van der Waals surface area contributed by atoms with Gasteiger partial charge in [-0.05, 0) is 17.7 Å². The van der Waals surface area contributed by atoms with Crippen LogP contribution in [-0.2, 0) is 4.79 Å². The molecule has 1 amide bonds. The van der Waals surface area contributed by atoms with Gasteiger partial charge in [0.1, 0.15) is 0 Å². The van der Waals surface area contributed by atoms with Gasteiger partial charge in [0.25, 0.3) is 5.91 Å². The predicted molar refractivity (Wildman–Crippen MR) is 59.8 cm³/mol. The molecule has 0 radical (unpaired) electrons. The minimum atomic E-state index is -0.383.